The summed E-state index contributed by atoms with van der Waals surface area (Å²) < 4.78 is 6.11. The largest absolute Gasteiger partial charge is 0.462 e. The van der Waals surface area contributed by atoms with Gasteiger partial charge in [0.05, 0.1) is 6.42 Å². The fraction of sp³-hybridized carbons (Fsp3) is 0.900. The van der Waals surface area contributed by atoms with E-state index in [0.717, 1.165) is 31.2 Å². The highest BCUT2D eigenvalue weighted by molar-refractivity contribution is 5.80. The van der Waals surface area contributed by atoms with Gasteiger partial charge in [-0.25, -0.2) is 0 Å². The Morgan fingerprint density at radius 3 is 2.22 bits per heavy atom. The summed E-state index contributed by atoms with van der Waals surface area (Å²) in [5, 5.41) is 3.96. The SMILES string of the molecule is C=C(CNC1CCCCC1)[C@@H]1CC[C@]2(C)CC[C@]3(C)[C@H](CC[C@@H]4[C@@]5(C)CC[C@H](OC(=O)CCC(N)=O)C(C)(C)[C@@H]5CC[C@]43C)[C@@H]12. The fourth-order valence-corrected chi connectivity index (χ4v) is 13.7. The first kappa shape index (κ1) is 33.5. The number of hydrogen-bond donors (Lipinski definition) is 2. The van der Waals surface area contributed by atoms with Crippen molar-refractivity contribution in [2.24, 2.45) is 62.4 Å². The zero-order chi connectivity index (χ0) is 32.4. The Morgan fingerprint density at radius 1 is 0.778 bits per heavy atom. The topological polar surface area (TPSA) is 81.4 Å². The van der Waals surface area contributed by atoms with Crippen molar-refractivity contribution in [2.75, 3.05) is 6.54 Å². The third-order valence-corrected chi connectivity index (χ3v) is 16.4. The summed E-state index contributed by atoms with van der Waals surface area (Å²) in [5.41, 5.74) is 8.14. The Hall–Kier alpha value is -1.36. The van der Waals surface area contributed by atoms with Crippen molar-refractivity contribution in [3.63, 3.8) is 0 Å². The molecule has 0 aromatic carbocycles. The van der Waals surface area contributed by atoms with Gasteiger partial charge in [0.25, 0.3) is 0 Å². The number of nitrogens with one attached hydrogen (secondary N) is 1. The van der Waals surface area contributed by atoms with Crippen molar-refractivity contribution < 1.29 is 14.3 Å². The molecule has 6 saturated carbocycles. The normalized spacial score (nSPS) is 45.8. The molecule has 5 heteroatoms. The summed E-state index contributed by atoms with van der Waals surface area (Å²) in [6.07, 6.45) is 19.7. The maximum absolute atomic E-state index is 12.7. The smallest absolute Gasteiger partial charge is 0.306 e. The number of nitrogens with two attached hydrogens (primary N) is 1. The Balaban J connectivity index is 1.20. The molecule has 6 fully saturated rings. The van der Waals surface area contributed by atoms with Crippen LogP contribution in [0.4, 0.5) is 0 Å². The first-order valence-corrected chi connectivity index (χ1v) is 19.0. The Labute approximate surface area is 275 Å². The van der Waals surface area contributed by atoms with E-state index in [4.69, 9.17) is 17.0 Å². The van der Waals surface area contributed by atoms with Gasteiger partial charge in [-0.15, -0.1) is 0 Å². The van der Waals surface area contributed by atoms with E-state index in [1.165, 1.54) is 89.0 Å². The number of amides is 1. The summed E-state index contributed by atoms with van der Waals surface area (Å²) in [6, 6.07) is 0.697. The average Bonchev–Trinajstić information content (AvgIpc) is 3.35. The van der Waals surface area contributed by atoms with Gasteiger partial charge in [0.15, 0.2) is 0 Å². The minimum absolute atomic E-state index is 0.0680. The van der Waals surface area contributed by atoms with E-state index in [2.05, 4.69) is 46.9 Å². The van der Waals surface area contributed by atoms with Gasteiger partial charge in [0.2, 0.25) is 5.91 Å². The van der Waals surface area contributed by atoms with Crippen LogP contribution >= 0.6 is 0 Å². The van der Waals surface area contributed by atoms with Crippen LogP contribution in [0.25, 0.3) is 0 Å². The molecule has 0 radical (unpaired) electrons. The van der Waals surface area contributed by atoms with E-state index in [1.54, 1.807) is 0 Å². The molecule has 3 N–H and O–H groups in total. The van der Waals surface area contributed by atoms with E-state index < -0.39 is 5.91 Å². The summed E-state index contributed by atoms with van der Waals surface area (Å²) in [7, 11) is 0. The van der Waals surface area contributed by atoms with Crippen molar-refractivity contribution in [2.45, 2.75) is 163 Å². The lowest BCUT2D eigenvalue weighted by molar-refractivity contribution is -0.249. The first-order valence-electron chi connectivity index (χ1n) is 19.0. The van der Waals surface area contributed by atoms with Crippen LogP contribution in [-0.4, -0.2) is 30.6 Å². The minimum Gasteiger partial charge on any atom is -0.462 e. The summed E-state index contributed by atoms with van der Waals surface area (Å²) in [4.78, 5) is 24.0. The molecule has 0 aromatic rings. The fourth-order valence-electron chi connectivity index (χ4n) is 13.7. The van der Waals surface area contributed by atoms with Gasteiger partial charge >= 0.3 is 5.97 Å². The highest BCUT2D eigenvalue weighted by Crippen LogP contribution is 2.77. The van der Waals surface area contributed by atoms with Crippen LogP contribution in [0, 0.1) is 56.7 Å². The maximum Gasteiger partial charge on any atom is 0.306 e. The van der Waals surface area contributed by atoms with Crippen molar-refractivity contribution in [3.8, 4) is 0 Å². The standard InChI is InChI=1S/C40H66N2O3/c1-26(25-42-27-11-9-8-10-12-27)28-17-20-37(4)23-24-39(6)29(35(28)37)13-14-31-38(5)21-19-32(45-34(44)16-15-33(41)43)36(2,3)30(38)18-22-40(31,39)7/h27-32,35,42H,1,8-25H2,2-7H3,(H2,41,43)/t28-,29+,30-,31+,32-,35+,37+,38-,39+,40+/m0/s1. The molecule has 0 aromatic heterocycles. The first-order chi connectivity index (χ1) is 21.2. The minimum atomic E-state index is -0.439. The van der Waals surface area contributed by atoms with Crippen LogP contribution in [0.2, 0.25) is 0 Å². The molecule has 254 valence electrons. The van der Waals surface area contributed by atoms with Gasteiger partial charge in [-0.2, -0.15) is 0 Å². The molecular formula is C40H66N2O3. The number of hydrogen-bond acceptors (Lipinski definition) is 4. The number of ether oxygens (including phenoxy) is 1. The molecule has 6 aliphatic rings. The molecule has 0 heterocycles. The van der Waals surface area contributed by atoms with Crippen molar-refractivity contribution in [3.05, 3.63) is 12.2 Å². The monoisotopic (exact) mass is 623 g/mol. The van der Waals surface area contributed by atoms with E-state index >= 15 is 0 Å². The van der Waals surface area contributed by atoms with Gasteiger partial charge < -0.3 is 15.8 Å². The Kier molecular flexibility index (Phi) is 8.91. The van der Waals surface area contributed by atoms with Crippen LogP contribution in [0.3, 0.4) is 0 Å². The molecule has 1 amide bonds. The molecule has 6 aliphatic carbocycles. The number of carbonyl (C=O) groups excluding carboxylic acids is 2. The summed E-state index contributed by atoms with van der Waals surface area (Å²) in [5.74, 6) is 2.75. The van der Waals surface area contributed by atoms with Crippen LogP contribution in [0.5, 0.6) is 0 Å². The number of fused-ring (bicyclic) bond motifs is 7. The highest BCUT2D eigenvalue weighted by Gasteiger charge is 2.70. The predicted octanol–water partition coefficient (Wildman–Crippen LogP) is 8.74. The zero-order valence-corrected chi connectivity index (χ0v) is 29.8. The molecule has 0 bridgehead atoms. The number of rotatable bonds is 8. The second kappa shape index (κ2) is 12.0. The number of esters is 1. The molecule has 0 aliphatic heterocycles. The molecule has 0 spiro atoms. The van der Waals surface area contributed by atoms with Gasteiger partial charge in [-0.3, -0.25) is 9.59 Å². The lowest BCUT2D eigenvalue weighted by Gasteiger charge is -2.73. The predicted molar refractivity (Wildman–Crippen MR) is 182 cm³/mol. The summed E-state index contributed by atoms with van der Waals surface area (Å²) in [6.45, 7) is 21.3. The van der Waals surface area contributed by atoms with Gasteiger partial charge in [-0.05, 0) is 128 Å². The molecular weight excluding hydrogens is 556 g/mol. The second-order valence-electron chi connectivity index (χ2n) is 18.7. The van der Waals surface area contributed by atoms with E-state index in [1.807, 2.05) is 0 Å². The van der Waals surface area contributed by atoms with Gasteiger partial charge in [0.1, 0.15) is 6.10 Å². The highest BCUT2D eigenvalue weighted by atomic mass is 16.5. The van der Waals surface area contributed by atoms with Crippen LogP contribution in [-0.2, 0) is 14.3 Å². The Morgan fingerprint density at radius 2 is 1.51 bits per heavy atom. The van der Waals surface area contributed by atoms with Crippen LogP contribution < -0.4 is 11.1 Å². The summed E-state index contributed by atoms with van der Waals surface area (Å²) >= 11 is 0. The van der Waals surface area contributed by atoms with Crippen LogP contribution in [0.15, 0.2) is 12.2 Å². The molecule has 5 nitrogen and oxygen atoms in total. The average molecular weight is 623 g/mol. The molecule has 10 atom stereocenters. The van der Waals surface area contributed by atoms with Gasteiger partial charge in [0, 0.05) is 24.4 Å². The van der Waals surface area contributed by atoms with E-state index in [9.17, 15) is 9.59 Å². The van der Waals surface area contributed by atoms with Crippen molar-refractivity contribution in [1.29, 1.82) is 0 Å². The quantitative estimate of drug-likeness (QED) is 0.209. The number of primary amides is 1. The molecule has 6 rings (SSSR count). The molecule has 45 heavy (non-hydrogen) atoms. The van der Waals surface area contributed by atoms with E-state index in [0.29, 0.717) is 40.0 Å². The maximum atomic E-state index is 12.7. The van der Waals surface area contributed by atoms with Crippen molar-refractivity contribution in [1.82, 2.24) is 5.32 Å². The van der Waals surface area contributed by atoms with Gasteiger partial charge in [-0.1, -0.05) is 73.0 Å². The van der Waals surface area contributed by atoms with Crippen molar-refractivity contribution >= 4 is 11.9 Å². The molecule has 0 saturated heterocycles. The lowest BCUT2D eigenvalue weighted by atomic mass is 9.32. The number of carbonyl (C=O) groups is 2. The second-order valence-corrected chi connectivity index (χ2v) is 18.7. The third kappa shape index (κ3) is 5.45. The Bertz CT molecular complexity index is 1160. The molecule has 0 unspecified atom stereocenters. The van der Waals surface area contributed by atoms with E-state index in [-0.39, 0.29) is 35.7 Å². The van der Waals surface area contributed by atoms with Crippen LogP contribution in [0.1, 0.15) is 151 Å². The lowest BCUT2D eigenvalue weighted by Crippen LogP contribution is -2.66. The zero-order valence-electron chi connectivity index (χ0n) is 29.8. The third-order valence-electron chi connectivity index (χ3n) is 16.4.